The molecule has 0 radical (unpaired) electrons. The number of nitrogens with one attached hydrogen (secondary N) is 2. The number of methoxy groups -OCH3 is 2. The highest BCUT2D eigenvalue weighted by Crippen LogP contribution is 2.31. The molecule has 1 aromatic rings. The lowest BCUT2D eigenvalue weighted by atomic mass is 9.80. The molecule has 1 atom stereocenters. The molecule has 3 N–H and O–H groups in total. The van der Waals surface area contributed by atoms with Crippen LogP contribution in [-0.4, -0.2) is 68.0 Å². The Morgan fingerprint density at radius 2 is 1.96 bits per heavy atom. The third-order valence-electron chi connectivity index (χ3n) is 5.59. The zero-order valence-electron chi connectivity index (χ0n) is 17.3. The molecule has 0 bridgehead atoms. The van der Waals surface area contributed by atoms with Crippen molar-refractivity contribution >= 4 is 5.96 Å². The van der Waals surface area contributed by atoms with Crippen LogP contribution in [0.5, 0.6) is 11.5 Å². The summed E-state index contributed by atoms with van der Waals surface area (Å²) in [6.07, 6.45) is 3.88. The van der Waals surface area contributed by atoms with Gasteiger partial charge in [0.05, 0.1) is 26.4 Å². The monoisotopic (exact) mass is 390 g/mol. The molecular formula is C21H34N4O3. The predicted octanol–water partition coefficient (Wildman–Crippen LogP) is 1.75. The molecule has 3 rings (SSSR count). The molecule has 1 aromatic carbocycles. The maximum absolute atomic E-state index is 10.3. The fourth-order valence-electron chi connectivity index (χ4n) is 3.79. The second-order valence-corrected chi connectivity index (χ2v) is 7.86. The summed E-state index contributed by atoms with van der Waals surface area (Å²) in [5, 5.41) is 17.1. The second-order valence-electron chi connectivity index (χ2n) is 7.86. The number of benzene rings is 1. The summed E-state index contributed by atoms with van der Waals surface area (Å²) in [4.78, 5) is 7.04. The van der Waals surface area contributed by atoms with Crippen molar-refractivity contribution in [1.29, 1.82) is 0 Å². The van der Waals surface area contributed by atoms with E-state index in [9.17, 15) is 5.11 Å². The van der Waals surface area contributed by atoms with E-state index in [1.807, 2.05) is 6.07 Å². The van der Waals surface area contributed by atoms with Gasteiger partial charge in [-0.05, 0) is 50.3 Å². The molecule has 2 aliphatic rings. The van der Waals surface area contributed by atoms with Crippen molar-refractivity contribution < 1.29 is 14.6 Å². The summed E-state index contributed by atoms with van der Waals surface area (Å²) < 4.78 is 10.8. The molecule has 1 saturated heterocycles. The lowest BCUT2D eigenvalue weighted by molar-refractivity contribution is -0.0236. The van der Waals surface area contributed by atoms with Crippen molar-refractivity contribution in [1.82, 2.24) is 15.5 Å². The van der Waals surface area contributed by atoms with Crippen LogP contribution in [0, 0.1) is 0 Å². The second kappa shape index (κ2) is 9.47. The average Bonchev–Trinajstić information content (AvgIpc) is 3.11. The zero-order chi connectivity index (χ0) is 20.0. The highest BCUT2D eigenvalue weighted by atomic mass is 16.5. The van der Waals surface area contributed by atoms with Crippen LogP contribution >= 0.6 is 0 Å². The summed E-state index contributed by atoms with van der Waals surface area (Å²) >= 11 is 0. The summed E-state index contributed by atoms with van der Waals surface area (Å²) in [7, 11) is 3.35. The van der Waals surface area contributed by atoms with E-state index < -0.39 is 5.60 Å². The van der Waals surface area contributed by atoms with Crippen LogP contribution in [0.25, 0.3) is 0 Å². The van der Waals surface area contributed by atoms with E-state index in [4.69, 9.17) is 9.47 Å². The number of nitrogens with zero attached hydrogens (tertiary/aromatic N) is 2. The number of hydrogen-bond donors (Lipinski definition) is 3. The molecule has 1 aliphatic heterocycles. The van der Waals surface area contributed by atoms with E-state index in [2.05, 4.69) is 39.6 Å². The van der Waals surface area contributed by atoms with Crippen LogP contribution in [-0.2, 0) is 6.54 Å². The van der Waals surface area contributed by atoms with E-state index in [0.717, 1.165) is 69.3 Å². The smallest absolute Gasteiger partial charge is 0.191 e. The first-order valence-corrected chi connectivity index (χ1v) is 10.2. The van der Waals surface area contributed by atoms with Gasteiger partial charge in [-0.2, -0.15) is 0 Å². The largest absolute Gasteiger partial charge is 0.497 e. The van der Waals surface area contributed by atoms with E-state index >= 15 is 0 Å². The number of rotatable bonds is 8. The topological polar surface area (TPSA) is 78.4 Å². The molecule has 1 saturated carbocycles. The van der Waals surface area contributed by atoms with Crippen LogP contribution in [0.2, 0.25) is 0 Å². The molecule has 156 valence electrons. The average molecular weight is 391 g/mol. The Labute approximate surface area is 168 Å². The fourth-order valence-corrected chi connectivity index (χ4v) is 3.79. The first kappa shape index (κ1) is 20.7. The van der Waals surface area contributed by atoms with Crippen LogP contribution in [0.4, 0.5) is 0 Å². The number of likely N-dealkylation sites (tertiary alicyclic amines) is 1. The van der Waals surface area contributed by atoms with Crippen molar-refractivity contribution in [2.24, 2.45) is 4.99 Å². The third kappa shape index (κ3) is 5.52. The Morgan fingerprint density at radius 1 is 1.25 bits per heavy atom. The van der Waals surface area contributed by atoms with Gasteiger partial charge < -0.3 is 25.2 Å². The standard InChI is InChI=1S/C21H34N4O3/c1-4-22-20(23-15-21(26)7-5-8-21)24-17-6-9-25(14-17)13-16-10-18(27-2)12-19(11-16)28-3/h10-12,17,26H,4-9,13-15H2,1-3H3,(H2,22,23,24). The van der Waals surface area contributed by atoms with Gasteiger partial charge in [0, 0.05) is 38.3 Å². The van der Waals surface area contributed by atoms with Gasteiger partial charge in [0.15, 0.2) is 5.96 Å². The van der Waals surface area contributed by atoms with Crippen molar-refractivity contribution in [3.63, 3.8) is 0 Å². The van der Waals surface area contributed by atoms with E-state index in [0.29, 0.717) is 12.6 Å². The maximum atomic E-state index is 10.3. The first-order chi connectivity index (χ1) is 13.5. The summed E-state index contributed by atoms with van der Waals surface area (Å²) in [5.41, 5.74) is 0.597. The van der Waals surface area contributed by atoms with Gasteiger partial charge in [-0.15, -0.1) is 0 Å². The normalized spacial score (nSPS) is 21.9. The Hall–Kier alpha value is -1.99. The Kier molecular flexibility index (Phi) is 7.02. The minimum atomic E-state index is -0.588. The van der Waals surface area contributed by atoms with E-state index in [1.165, 1.54) is 5.56 Å². The SMILES string of the molecule is CCNC(=NCC1(O)CCC1)NC1CCN(Cc2cc(OC)cc(OC)c2)C1. The predicted molar refractivity (Wildman–Crippen MR) is 111 cm³/mol. The number of aliphatic imine (C=N–C) groups is 1. The highest BCUT2D eigenvalue weighted by Gasteiger charge is 2.34. The summed E-state index contributed by atoms with van der Waals surface area (Å²) in [6, 6.07) is 6.37. The molecule has 1 aliphatic carbocycles. The summed E-state index contributed by atoms with van der Waals surface area (Å²) in [5.74, 6) is 2.44. The van der Waals surface area contributed by atoms with Gasteiger partial charge >= 0.3 is 0 Å². The molecule has 28 heavy (non-hydrogen) atoms. The van der Waals surface area contributed by atoms with Crippen molar-refractivity contribution in [2.45, 2.75) is 50.8 Å². The maximum Gasteiger partial charge on any atom is 0.191 e. The van der Waals surface area contributed by atoms with E-state index in [-0.39, 0.29) is 0 Å². The Balaban J connectivity index is 1.54. The van der Waals surface area contributed by atoms with Gasteiger partial charge in [-0.1, -0.05) is 0 Å². The van der Waals surface area contributed by atoms with Crippen LogP contribution in [0.3, 0.4) is 0 Å². The molecule has 1 heterocycles. The van der Waals surface area contributed by atoms with Crippen LogP contribution in [0.1, 0.15) is 38.2 Å². The third-order valence-corrected chi connectivity index (χ3v) is 5.59. The number of guanidine groups is 1. The van der Waals surface area contributed by atoms with Gasteiger partial charge in [-0.3, -0.25) is 9.89 Å². The number of ether oxygens (including phenoxy) is 2. The van der Waals surface area contributed by atoms with Crippen molar-refractivity contribution in [3.8, 4) is 11.5 Å². The molecule has 0 aromatic heterocycles. The van der Waals surface area contributed by atoms with Gasteiger partial charge in [-0.25, -0.2) is 0 Å². The van der Waals surface area contributed by atoms with Crippen LogP contribution in [0.15, 0.2) is 23.2 Å². The number of hydrogen-bond acceptors (Lipinski definition) is 5. The minimum absolute atomic E-state index is 0.348. The fraction of sp³-hybridized carbons (Fsp3) is 0.667. The first-order valence-electron chi connectivity index (χ1n) is 10.2. The Bertz CT molecular complexity index is 653. The molecular weight excluding hydrogens is 356 g/mol. The quantitative estimate of drug-likeness (QED) is 0.464. The molecule has 7 heteroatoms. The highest BCUT2D eigenvalue weighted by molar-refractivity contribution is 5.80. The van der Waals surface area contributed by atoms with Crippen LogP contribution < -0.4 is 20.1 Å². The van der Waals surface area contributed by atoms with E-state index in [1.54, 1.807) is 14.2 Å². The van der Waals surface area contributed by atoms with Gasteiger partial charge in [0.2, 0.25) is 0 Å². The minimum Gasteiger partial charge on any atom is -0.497 e. The summed E-state index contributed by atoms with van der Waals surface area (Å²) in [6.45, 7) is 6.19. The van der Waals surface area contributed by atoms with Gasteiger partial charge in [0.25, 0.3) is 0 Å². The molecule has 7 nitrogen and oxygen atoms in total. The lowest BCUT2D eigenvalue weighted by Crippen LogP contribution is -2.46. The molecule has 2 fully saturated rings. The molecule has 0 spiro atoms. The lowest BCUT2D eigenvalue weighted by Gasteiger charge is -2.35. The molecule has 0 amide bonds. The Morgan fingerprint density at radius 3 is 2.54 bits per heavy atom. The van der Waals surface area contributed by atoms with Gasteiger partial charge in [0.1, 0.15) is 11.5 Å². The van der Waals surface area contributed by atoms with Crippen molar-refractivity contribution in [2.75, 3.05) is 40.4 Å². The zero-order valence-corrected chi connectivity index (χ0v) is 17.3. The molecule has 1 unspecified atom stereocenters. The number of aliphatic hydroxyl groups is 1. The van der Waals surface area contributed by atoms with Crippen molar-refractivity contribution in [3.05, 3.63) is 23.8 Å².